The molecule has 15 heavy (non-hydrogen) atoms. The van der Waals surface area contributed by atoms with Gasteiger partial charge >= 0.3 is 1.43 Å². The zero-order chi connectivity index (χ0) is 10.3. The van der Waals surface area contributed by atoms with E-state index in [-0.39, 0.29) is 7.18 Å². The lowest BCUT2D eigenvalue weighted by Gasteiger charge is -2.02. The number of aromatic hydroxyl groups is 1. The van der Waals surface area contributed by atoms with Crippen molar-refractivity contribution in [3.8, 4) is 5.75 Å². The molecule has 0 saturated carbocycles. The molecule has 0 fully saturated rings. The van der Waals surface area contributed by atoms with Crippen molar-refractivity contribution >= 4 is 21.7 Å². The third-order valence-corrected chi connectivity index (χ3v) is 2.57. The first-order valence-corrected chi connectivity index (χ1v) is 4.81. The number of fused-ring (bicyclic) bond motifs is 3. The standard InChI is InChI=1S/C13H9NO/c15-10-5-6-13-12(7-10)11-4-2-1-3-9(11)8-14-13/h1-8,15H/p+1. The number of hydrogen-bond donors (Lipinski definition) is 1. The largest absolute Gasteiger partial charge is 1.00 e. The highest BCUT2D eigenvalue weighted by molar-refractivity contribution is 6.05. The average Bonchev–Trinajstić information content (AvgIpc) is 2.29. The number of aromatic nitrogens is 1. The molecule has 2 heteroatoms. The van der Waals surface area contributed by atoms with E-state index in [0.717, 1.165) is 21.7 Å². The minimum Gasteiger partial charge on any atom is -0.508 e. The maximum atomic E-state index is 9.46. The normalized spacial score (nSPS) is 10.9. The Balaban J connectivity index is 0.000000963. The zero-order valence-electron chi connectivity index (χ0n) is 9.01. The minimum atomic E-state index is 0. The van der Waals surface area contributed by atoms with Gasteiger partial charge in [0.2, 0.25) is 0 Å². The highest BCUT2D eigenvalue weighted by atomic mass is 16.3. The maximum Gasteiger partial charge on any atom is 1.00 e. The molecular weight excluding hydrogens is 186 g/mol. The maximum absolute atomic E-state index is 9.46. The van der Waals surface area contributed by atoms with Gasteiger partial charge in [0.25, 0.3) is 0 Å². The van der Waals surface area contributed by atoms with Crippen molar-refractivity contribution in [2.45, 2.75) is 0 Å². The summed E-state index contributed by atoms with van der Waals surface area (Å²) in [5.41, 5.74) is 0.909. The number of rotatable bonds is 0. The van der Waals surface area contributed by atoms with E-state index in [1.165, 1.54) is 0 Å². The zero-order valence-corrected chi connectivity index (χ0v) is 8.01. The van der Waals surface area contributed by atoms with Crippen LogP contribution in [-0.2, 0) is 0 Å². The first-order chi connectivity index (χ1) is 7.34. The van der Waals surface area contributed by atoms with Crippen molar-refractivity contribution < 1.29 is 6.53 Å². The topological polar surface area (TPSA) is 33.1 Å². The second kappa shape index (κ2) is 2.95. The van der Waals surface area contributed by atoms with Crippen molar-refractivity contribution in [1.29, 1.82) is 0 Å². The molecule has 1 aromatic heterocycles. The van der Waals surface area contributed by atoms with E-state index in [9.17, 15) is 5.11 Å². The third kappa shape index (κ3) is 1.22. The molecule has 0 unspecified atom stereocenters. The van der Waals surface area contributed by atoms with Crippen LogP contribution in [0, 0.1) is 0 Å². The van der Waals surface area contributed by atoms with E-state index in [1.807, 2.05) is 36.5 Å². The molecule has 0 amide bonds. The molecule has 0 saturated heterocycles. The predicted octanol–water partition coefficient (Wildman–Crippen LogP) is 3.21. The molecule has 0 aliphatic heterocycles. The Morgan fingerprint density at radius 1 is 1.00 bits per heavy atom. The molecule has 2 aromatic carbocycles. The fourth-order valence-electron chi connectivity index (χ4n) is 1.85. The van der Waals surface area contributed by atoms with Crippen molar-refractivity contribution in [2.75, 3.05) is 0 Å². The third-order valence-electron chi connectivity index (χ3n) is 2.57. The average molecular weight is 196 g/mol. The van der Waals surface area contributed by atoms with Crippen LogP contribution in [0.15, 0.2) is 48.7 Å². The Morgan fingerprint density at radius 2 is 1.87 bits per heavy atom. The molecule has 0 aliphatic rings. The van der Waals surface area contributed by atoms with Crippen LogP contribution >= 0.6 is 0 Å². The summed E-state index contributed by atoms with van der Waals surface area (Å²) < 4.78 is 0. The molecule has 3 aromatic rings. The molecule has 3 rings (SSSR count). The lowest BCUT2D eigenvalue weighted by molar-refractivity contribution is 0.476. The second-order valence-electron chi connectivity index (χ2n) is 3.55. The van der Waals surface area contributed by atoms with Crippen LogP contribution in [0.2, 0.25) is 0 Å². The summed E-state index contributed by atoms with van der Waals surface area (Å²) in [4.78, 5) is 4.34. The summed E-state index contributed by atoms with van der Waals surface area (Å²) in [5.74, 6) is 0.278. The summed E-state index contributed by atoms with van der Waals surface area (Å²) in [7, 11) is 0. The van der Waals surface area contributed by atoms with Crippen LogP contribution in [0.25, 0.3) is 21.7 Å². The van der Waals surface area contributed by atoms with Crippen LogP contribution in [0.1, 0.15) is 1.43 Å². The Labute approximate surface area is 88.3 Å². The monoisotopic (exact) mass is 196 g/mol. The number of phenolic OH excluding ortho intramolecular Hbond substituents is 1. The van der Waals surface area contributed by atoms with Crippen LogP contribution in [-0.4, -0.2) is 10.1 Å². The molecule has 0 aliphatic carbocycles. The lowest BCUT2D eigenvalue weighted by Crippen LogP contribution is -1.81. The summed E-state index contributed by atoms with van der Waals surface area (Å²) in [6, 6.07) is 13.3. The Kier molecular flexibility index (Phi) is 1.62. The number of benzene rings is 2. The Bertz CT molecular complexity index is 652. The van der Waals surface area contributed by atoms with Gasteiger partial charge in [-0.3, -0.25) is 4.98 Å². The molecule has 0 spiro atoms. The van der Waals surface area contributed by atoms with Gasteiger partial charge in [-0.1, -0.05) is 24.3 Å². The van der Waals surface area contributed by atoms with Gasteiger partial charge in [0.05, 0.1) is 5.52 Å². The van der Waals surface area contributed by atoms with E-state index in [0.29, 0.717) is 0 Å². The highest BCUT2D eigenvalue weighted by Crippen LogP contribution is 2.25. The number of phenols is 1. The molecule has 0 radical (unpaired) electrons. The van der Waals surface area contributed by atoms with E-state index in [4.69, 9.17) is 0 Å². The molecular formula is C13H10NO+. The van der Waals surface area contributed by atoms with E-state index < -0.39 is 0 Å². The molecule has 2 nitrogen and oxygen atoms in total. The van der Waals surface area contributed by atoms with Crippen molar-refractivity contribution in [2.24, 2.45) is 0 Å². The van der Waals surface area contributed by atoms with Crippen molar-refractivity contribution in [3.05, 3.63) is 48.7 Å². The van der Waals surface area contributed by atoms with Gasteiger partial charge in [0, 0.05) is 17.0 Å². The van der Waals surface area contributed by atoms with E-state index in [1.54, 1.807) is 12.1 Å². The quantitative estimate of drug-likeness (QED) is 0.560. The van der Waals surface area contributed by atoms with Crippen LogP contribution in [0.3, 0.4) is 0 Å². The minimum absolute atomic E-state index is 0. The van der Waals surface area contributed by atoms with Gasteiger partial charge in [-0.05, 0) is 23.6 Å². The predicted molar refractivity (Wildman–Crippen MR) is 62.0 cm³/mol. The Hall–Kier alpha value is -2.09. The van der Waals surface area contributed by atoms with Crippen molar-refractivity contribution in [3.63, 3.8) is 0 Å². The first-order valence-electron chi connectivity index (χ1n) is 4.81. The number of pyridine rings is 1. The van der Waals surface area contributed by atoms with Gasteiger partial charge in [0.1, 0.15) is 5.75 Å². The molecule has 1 heterocycles. The van der Waals surface area contributed by atoms with Gasteiger partial charge < -0.3 is 5.11 Å². The summed E-state index contributed by atoms with van der Waals surface area (Å²) in [5, 5.41) is 12.7. The lowest BCUT2D eigenvalue weighted by atomic mass is 10.1. The van der Waals surface area contributed by atoms with Gasteiger partial charge in [-0.25, -0.2) is 0 Å². The first kappa shape index (κ1) is 8.24. The molecule has 72 valence electrons. The SMILES string of the molecule is Oc1ccc2ncc3ccccc3c2c1.[H+]. The summed E-state index contributed by atoms with van der Waals surface area (Å²) >= 11 is 0. The number of hydrogen-bond acceptors (Lipinski definition) is 2. The van der Waals surface area contributed by atoms with Crippen LogP contribution < -0.4 is 0 Å². The van der Waals surface area contributed by atoms with Crippen LogP contribution in [0.5, 0.6) is 5.75 Å². The Morgan fingerprint density at radius 3 is 2.80 bits per heavy atom. The fourth-order valence-corrected chi connectivity index (χ4v) is 1.85. The molecule has 0 atom stereocenters. The summed E-state index contributed by atoms with van der Waals surface area (Å²) in [6.45, 7) is 0. The van der Waals surface area contributed by atoms with Gasteiger partial charge in [0.15, 0.2) is 0 Å². The van der Waals surface area contributed by atoms with Gasteiger partial charge in [-0.15, -0.1) is 0 Å². The molecule has 1 N–H and O–H groups in total. The van der Waals surface area contributed by atoms with E-state index >= 15 is 0 Å². The smallest absolute Gasteiger partial charge is 0.508 e. The van der Waals surface area contributed by atoms with E-state index in [2.05, 4.69) is 4.98 Å². The number of nitrogens with zero attached hydrogens (tertiary/aromatic N) is 1. The summed E-state index contributed by atoms with van der Waals surface area (Å²) in [6.07, 6.45) is 1.86. The highest BCUT2D eigenvalue weighted by Gasteiger charge is 2.01. The molecule has 0 bridgehead atoms. The van der Waals surface area contributed by atoms with Crippen LogP contribution in [0.4, 0.5) is 0 Å². The van der Waals surface area contributed by atoms with Gasteiger partial charge in [-0.2, -0.15) is 0 Å². The fraction of sp³-hybridized carbons (Fsp3) is 0. The second-order valence-corrected chi connectivity index (χ2v) is 3.55. The van der Waals surface area contributed by atoms with Crippen molar-refractivity contribution in [1.82, 2.24) is 4.98 Å².